The Labute approximate surface area is 164 Å². The number of fused-ring (bicyclic) bond motifs is 1. The molecule has 4 rings (SSSR count). The van der Waals surface area contributed by atoms with E-state index in [9.17, 15) is 5.11 Å². The molecule has 1 aliphatic heterocycles. The Morgan fingerprint density at radius 1 is 0.926 bits per heavy atom. The fourth-order valence-electron chi connectivity index (χ4n) is 3.55. The molecule has 1 fully saturated rings. The summed E-state index contributed by atoms with van der Waals surface area (Å²) in [6, 6.07) is 18.6. The van der Waals surface area contributed by atoms with Crippen molar-refractivity contribution in [3.63, 3.8) is 0 Å². The quantitative estimate of drug-likeness (QED) is 0.679. The molecule has 0 aliphatic carbocycles. The van der Waals surface area contributed by atoms with E-state index in [4.69, 9.17) is 4.74 Å². The SMILES string of the molecule is OC(COc1ccc2ccccc2c1)CN1CCN(Cc2cccs2)CC1. The predicted molar refractivity (Wildman–Crippen MR) is 111 cm³/mol. The van der Waals surface area contributed by atoms with Crippen LogP contribution in [-0.4, -0.2) is 60.3 Å². The second-order valence-corrected chi connectivity index (χ2v) is 8.16. The highest BCUT2D eigenvalue weighted by atomic mass is 32.1. The second kappa shape index (κ2) is 8.85. The van der Waals surface area contributed by atoms with Gasteiger partial charge in [0.1, 0.15) is 18.5 Å². The first-order chi connectivity index (χ1) is 13.3. The summed E-state index contributed by atoms with van der Waals surface area (Å²) in [5.41, 5.74) is 0. The summed E-state index contributed by atoms with van der Waals surface area (Å²) in [4.78, 5) is 6.24. The third kappa shape index (κ3) is 5.08. The van der Waals surface area contributed by atoms with Crippen LogP contribution in [0, 0.1) is 0 Å². The van der Waals surface area contributed by atoms with Crippen LogP contribution in [0.2, 0.25) is 0 Å². The van der Waals surface area contributed by atoms with E-state index in [1.54, 1.807) is 0 Å². The van der Waals surface area contributed by atoms with Crippen molar-refractivity contribution in [3.05, 3.63) is 64.9 Å². The Bertz CT molecular complexity index is 844. The van der Waals surface area contributed by atoms with Gasteiger partial charge in [-0.15, -0.1) is 11.3 Å². The number of aliphatic hydroxyl groups is 1. The van der Waals surface area contributed by atoms with Crippen LogP contribution >= 0.6 is 11.3 Å². The van der Waals surface area contributed by atoms with Gasteiger partial charge >= 0.3 is 0 Å². The average molecular weight is 383 g/mol. The minimum Gasteiger partial charge on any atom is -0.491 e. The molecule has 0 spiro atoms. The minimum absolute atomic E-state index is 0.327. The maximum absolute atomic E-state index is 10.4. The summed E-state index contributed by atoms with van der Waals surface area (Å²) in [7, 11) is 0. The zero-order chi connectivity index (χ0) is 18.5. The van der Waals surface area contributed by atoms with Gasteiger partial charge in [0, 0.05) is 44.1 Å². The normalized spacial score (nSPS) is 17.2. The number of benzene rings is 2. The molecule has 1 saturated heterocycles. The highest BCUT2D eigenvalue weighted by Crippen LogP contribution is 2.20. The highest BCUT2D eigenvalue weighted by molar-refractivity contribution is 7.09. The van der Waals surface area contributed by atoms with E-state index in [0.29, 0.717) is 13.2 Å². The Kier molecular flexibility index (Phi) is 6.04. The zero-order valence-electron chi connectivity index (χ0n) is 15.5. The van der Waals surface area contributed by atoms with Crippen molar-refractivity contribution < 1.29 is 9.84 Å². The molecule has 1 unspecified atom stereocenters. The molecule has 3 aromatic rings. The number of hydrogen-bond acceptors (Lipinski definition) is 5. The summed E-state index contributed by atoms with van der Waals surface area (Å²) >= 11 is 1.82. The lowest BCUT2D eigenvalue weighted by Gasteiger charge is -2.35. The first-order valence-electron chi connectivity index (χ1n) is 9.53. The number of thiophene rings is 1. The average Bonchev–Trinajstić information content (AvgIpc) is 3.21. The van der Waals surface area contributed by atoms with E-state index in [2.05, 4.69) is 45.5 Å². The maximum Gasteiger partial charge on any atom is 0.120 e. The number of hydrogen-bond donors (Lipinski definition) is 1. The van der Waals surface area contributed by atoms with Crippen molar-refractivity contribution >= 4 is 22.1 Å². The molecule has 2 aromatic carbocycles. The van der Waals surface area contributed by atoms with Crippen molar-refractivity contribution in [2.24, 2.45) is 0 Å². The highest BCUT2D eigenvalue weighted by Gasteiger charge is 2.19. The van der Waals surface area contributed by atoms with Crippen molar-refractivity contribution in [2.75, 3.05) is 39.3 Å². The molecule has 27 heavy (non-hydrogen) atoms. The summed E-state index contributed by atoms with van der Waals surface area (Å²) in [5.74, 6) is 0.813. The van der Waals surface area contributed by atoms with E-state index in [0.717, 1.165) is 43.9 Å². The molecule has 0 bridgehead atoms. The number of piperazine rings is 1. The van der Waals surface area contributed by atoms with Gasteiger partial charge < -0.3 is 9.84 Å². The maximum atomic E-state index is 10.4. The first kappa shape index (κ1) is 18.4. The molecule has 5 heteroatoms. The van der Waals surface area contributed by atoms with Gasteiger partial charge in [-0.2, -0.15) is 0 Å². The fraction of sp³-hybridized carbons (Fsp3) is 0.364. The molecule has 1 N–H and O–H groups in total. The zero-order valence-corrected chi connectivity index (χ0v) is 16.3. The predicted octanol–water partition coefficient (Wildman–Crippen LogP) is 3.46. The summed E-state index contributed by atoms with van der Waals surface area (Å²) in [5, 5.41) is 14.9. The van der Waals surface area contributed by atoms with Crippen LogP contribution in [0.4, 0.5) is 0 Å². The summed E-state index contributed by atoms with van der Waals surface area (Å²) in [6.45, 7) is 6.14. The van der Waals surface area contributed by atoms with Gasteiger partial charge in [-0.1, -0.05) is 36.4 Å². The van der Waals surface area contributed by atoms with Crippen molar-refractivity contribution in [1.82, 2.24) is 9.80 Å². The monoisotopic (exact) mass is 382 g/mol. The summed E-state index contributed by atoms with van der Waals surface area (Å²) in [6.07, 6.45) is -0.472. The number of ether oxygens (including phenoxy) is 1. The number of β-amino-alcohol motifs (C(OH)–C–C–N with tert-alkyl or cyclic N) is 1. The van der Waals surface area contributed by atoms with Crippen molar-refractivity contribution in [3.8, 4) is 5.75 Å². The molecule has 0 radical (unpaired) electrons. The molecule has 1 aliphatic rings. The molecule has 1 atom stereocenters. The lowest BCUT2D eigenvalue weighted by atomic mass is 10.1. The van der Waals surface area contributed by atoms with Gasteiger partial charge in [-0.25, -0.2) is 0 Å². The van der Waals surface area contributed by atoms with Crippen LogP contribution in [0.1, 0.15) is 4.88 Å². The minimum atomic E-state index is -0.472. The molecule has 0 amide bonds. The largest absolute Gasteiger partial charge is 0.491 e. The smallest absolute Gasteiger partial charge is 0.120 e. The molecule has 1 aromatic heterocycles. The molecule has 2 heterocycles. The van der Waals surface area contributed by atoms with Gasteiger partial charge in [0.15, 0.2) is 0 Å². The lowest BCUT2D eigenvalue weighted by molar-refractivity contribution is 0.0448. The third-order valence-electron chi connectivity index (χ3n) is 5.06. The number of rotatable bonds is 7. The Morgan fingerprint density at radius 2 is 1.70 bits per heavy atom. The third-order valence-corrected chi connectivity index (χ3v) is 5.92. The van der Waals surface area contributed by atoms with Gasteiger partial charge in [-0.05, 0) is 34.4 Å². The molecule has 0 saturated carbocycles. The number of aliphatic hydroxyl groups excluding tert-OH is 1. The first-order valence-corrected chi connectivity index (χ1v) is 10.4. The standard InChI is InChI=1S/C22H26N2O2S/c25-20(17-26-21-8-7-18-4-1-2-5-19(18)14-21)15-23-9-11-24(12-10-23)16-22-6-3-13-27-22/h1-8,13-14,20,25H,9-12,15-17H2. The summed E-state index contributed by atoms with van der Waals surface area (Å²) < 4.78 is 5.82. The topological polar surface area (TPSA) is 35.9 Å². The van der Waals surface area contributed by atoms with Crippen LogP contribution in [-0.2, 0) is 6.54 Å². The number of nitrogens with zero attached hydrogens (tertiary/aromatic N) is 2. The molecule has 4 nitrogen and oxygen atoms in total. The van der Waals surface area contributed by atoms with E-state index >= 15 is 0 Å². The van der Waals surface area contributed by atoms with Gasteiger partial charge in [0.25, 0.3) is 0 Å². The van der Waals surface area contributed by atoms with E-state index in [-0.39, 0.29) is 0 Å². The van der Waals surface area contributed by atoms with E-state index in [1.807, 2.05) is 35.6 Å². The Morgan fingerprint density at radius 3 is 2.48 bits per heavy atom. The van der Waals surface area contributed by atoms with Crippen LogP contribution in [0.25, 0.3) is 10.8 Å². The van der Waals surface area contributed by atoms with Crippen LogP contribution < -0.4 is 4.74 Å². The van der Waals surface area contributed by atoms with E-state index in [1.165, 1.54) is 10.3 Å². The molecular formula is C22H26N2O2S. The molecular weight excluding hydrogens is 356 g/mol. The van der Waals surface area contributed by atoms with Crippen LogP contribution in [0.15, 0.2) is 60.0 Å². The Balaban J connectivity index is 1.21. The van der Waals surface area contributed by atoms with E-state index < -0.39 is 6.10 Å². The van der Waals surface area contributed by atoms with Crippen molar-refractivity contribution in [2.45, 2.75) is 12.6 Å². The Hall–Kier alpha value is -1.92. The molecule has 142 valence electrons. The van der Waals surface area contributed by atoms with Gasteiger partial charge in [-0.3, -0.25) is 9.80 Å². The lowest BCUT2D eigenvalue weighted by Crippen LogP contribution is -2.48. The van der Waals surface area contributed by atoms with Crippen LogP contribution in [0.5, 0.6) is 5.75 Å². The van der Waals surface area contributed by atoms with Crippen molar-refractivity contribution in [1.29, 1.82) is 0 Å². The van der Waals surface area contributed by atoms with Crippen LogP contribution in [0.3, 0.4) is 0 Å². The van der Waals surface area contributed by atoms with Gasteiger partial charge in [0.2, 0.25) is 0 Å². The second-order valence-electron chi connectivity index (χ2n) is 7.13. The fourth-order valence-corrected chi connectivity index (χ4v) is 4.30. The van der Waals surface area contributed by atoms with Gasteiger partial charge in [0.05, 0.1) is 0 Å².